The van der Waals surface area contributed by atoms with E-state index in [1.165, 1.54) is 44.2 Å². The second kappa shape index (κ2) is 15.6. The molecule has 9 rings (SSSR count). The number of nitro benzene ring substituents is 1. The van der Waals surface area contributed by atoms with Gasteiger partial charge >= 0.3 is 0 Å². The summed E-state index contributed by atoms with van der Waals surface area (Å²) >= 11 is 9.54. The number of nitrogens with zero attached hydrogens (tertiary/aromatic N) is 5. The SMILES string of the molecule is O=c1c(C(c2cccc([N+](=O)[O-])c2)c2c(-c3ccccc3)[nH]n(-c3nc(-c4ccc(Br)cc4)cs3)c2=O)c(-c2ccccc2)[nH]n1-c1nc(-c2ccc(Br)cc2)cs1. The van der Waals surface area contributed by atoms with Gasteiger partial charge in [0.15, 0.2) is 0 Å². The van der Waals surface area contributed by atoms with Crippen LogP contribution in [0.25, 0.3) is 55.3 Å². The molecule has 9 aromatic rings. The number of thiazole rings is 2. The molecule has 0 saturated carbocycles. The van der Waals surface area contributed by atoms with E-state index in [4.69, 9.17) is 9.97 Å². The average molecular weight is 930 g/mol. The number of halogens is 2. The van der Waals surface area contributed by atoms with Gasteiger partial charge in [0.2, 0.25) is 10.3 Å². The van der Waals surface area contributed by atoms with Crippen LogP contribution >= 0.6 is 54.5 Å². The number of benzene rings is 5. The average Bonchev–Trinajstić information content (AvgIpc) is 4.06. The van der Waals surface area contributed by atoms with Crippen molar-refractivity contribution >= 4 is 60.2 Å². The zero-order valence-electron chi connectivity index (χ0n) is 29.9. The van der Waals surface area contributed by atoms with E-state index in [2.05, 4.69) is 42.1 Å². The molecule has 0 aliphatic heterocycles. The number of nitrogens with one attached hydrogen (secondary N) is 2. The van der Waals surface area contributed by atoms with Crippen molar-refractivity contribution in [3.63, 3.8) is 0 Å². The van der Waals surface area contributed by atoms with Gasteiger partial charge < -0.3 is 0 Å². The van der Waals surface area contributed by atoms with Gasteiger partial charge in [-0.2, -0.15) is 9.36 Å². The van der Waals surface area contributed by atoms with Gasteiger partial charge in [0, 0.05) is 48.9 Å². The summed E-state index contributed by atoms with van der Waals surface area (Å²) in [5.41, 5.74) is 4.97. The third-order valence-electron chi connectivity index (χ3n) is 9.62. The predicted octanol–water partition coefficient (Wildman–Crippen LogP) is 10.8. The molecule has 0 aliphatic rings. The standard InChI is InChI=1S/C43H27Br2N7O4S2/c44-30-18-14-25(15-19-30)33-23-57-42(46-33)50-40(53)36(38(48-50)27-8-3-1-4-9-27)35(29-12-7-13-32(22-29)52(55)56)37-39(28-10-5-2-6-11-28)49-51(41(37)54)43-47-34(24-58-43)26-16-20-31(45)21-17-26/h1-24,35,48-49H. The molecular formula is C43H27Br2N7O4S2. The van der Waals surface area contributed by atoms with Gasteiger partial charge in [0.05, 0.1) is 38.8 Å². The Hall–Kier alpha value is -6.26. The van der Waals surface area contributed by atoms with E-state index in [0.717, 1.165) is 20.1 Å². The summed E-state index contributed by atoms with van der Waals surface area (Å²) in [6.07, 6.45) is 0. The lowest BCUT2D eigenvalue weighted by Gasteiger charge is -2.17. The highest BCUT2D eigenvalue weighted by Crippen LogP contribution is 2.40. The number of rotatable bonds is 10. The highest BCUT2D eigenvalue weighted by molar-refractivity contribution is 9.10. The van der Waals surface area contributed by atoms with Crippen molar-refractivity contribution in [3.8, 4) is 55.3 Å². The largest absolute Gasteiger partial charge is 0.288 e. The minimum atomic E-state index is -1.11. The van der Waals surface area contributed by atoms with Crippen LogP contribution in [0.5, 0.6) is 0 Å². The zero-order chi connectivity index (χ0) is 39.9. The molecule has 0 amide bonds. The minimum Gasteiger partial charge on any atom is -0.288 e. The molecule has 0 unspecified atom stereocenters. The zero-order valence-corrected chi connectivity index (χ0v) is 34.7. The predicted molar refractivity (Wildman–Crippen MR) is 235 cm³/mol. The highest BCUT2D eigenvalue weighted by atomic mass is 79.9. The smallest absolute Gasteiger partial charge is 0.278 e. The van der Waals surface area contributed by atoms with Crippen LogP contribution in [0, 0.1) is 10.1 Å². The first-order valence-corrected chi connectivity index (χ1v) is 21.1. The molecule has 0 atom stereocenters. The minimum absolute atomic E-state index is 0.185. The number of H-pyrrole nitrogens is 2. The summed E-state index contributed by atoms with van der Waals surface area (Å²) in [4.78, 5) is 51.9. The van der Waals surface area contributed by atoms with Gasteiger partial charge in [0.1, 0.15) is 0 Å². The van der Waals surface area contributed by atoms with E-state index in [0.29, 0.717) is 49.7 Å². The van der Waals surface area contributed by atoms with Crippen molar-refractivity contribution < 1.29 is 4.92 Å². The molecule has 2 N–H and O–H groups in total. The van der Waals surface area contributed by atoms with Crippen LogP contribution in [-0.2, 0) is 0 Å². The molecule has 0 radical (unpaired) electrons. The summed E-state index contributed by atoms with van der Waals surface area (Å²) in [6, 6.07) is 40.2. The van der Waals surface area contributed by atoms with Gasteiger partial charge in [-0.3, -0.25) is 29.9 Å². The first-order valence-electron chi connectivity index (χ1n) is 17.7. The number of aromatic nitrogens is 6. The number of nitro groups is 1. The van der Waals surface area contributed by atoms with E-state index in [9.17, 15) is 10.1 Å². The molecule has 0 bridgehead atoms. The fraction of sp³-hybridized carbons (Fsp3) is 0.0233. The molecule has 58 heavy (non-hydrogen) atoms. The Morgan fingerprint density at radius 1 is 0.586 bits per heavy atom. The van der Waals surface area contributed by atoms with Gasteiger partial charge in [0.25, 0.3) is 16.8 Å². The molecule has 0 saturated heterocycles. The van der Waals surface area contributed by atoms with Crippen molar-refractivity contribution in [3.05, 3.63) is 201 Å². The lowest BCUT2D eigenvalue weighted by atomic mass is 9.83. The quantitative estimate of drug-likeness (QED) is 0.103. The fourth-order valence-electron chi connectivity index (χ4n) is 6.89. The van der Waals surface area contributed by atoms with Crippen molar-refractivity contribution in [2.45, 2.75) is 5.92 Å². The highest BCUT2D eigenvalue weighted by Gasteiger charge is 2.35. The Kier molecular flexibility index (Phi) is 10.0. The molecular weight excluding hydrogens is 902 g/mol. The molecule has 15 heteroatoms. The first kappa shape index (κ1) is 37.3. The van der Waals surface area contributed by atoms with Gasteiger partial charge in [-0.05, 0) is 41.0 Å². The van der Waals surface area contributed by atoms with Crippen molar-refractivity contribution in [1.29, 1.82) is 0 Å². The Morgan fingerprint density at radius 2 is 1.03 bits per heavy atom. The summed E-state index contributed by atoms with van der Waals surface area (Å²) in [7, 11) is 0. The Bertz CT molecular complexity index is 2880. The number of hydrogen-bond donors (Lipinski definition) is 2. The lowest BCUT2D eigenvalue weighted by Crippen LogP contribution is -2.25. The second-order valence-corrected chi connectivity index (χ2v) is 16.6. The summed E-state index contributed by atoms with van der Waals surface area (Å²) < 4.78 is 4.62. The van der Waals surface area contributed by atoms with Crippen LogP contribution in [-0.4, -0.2) is 34.5 Å². The number of aromatic amines is 2. The third kappa shape index (κ3) is 7.02. The van der Waals surface area contributed by atoms with E-state index in [1.54, 1.807) is 12.1 Å². The van der Waals surface area contributed by atoms with Gasteiger partial charge in [-0.1, -0.05) is 129 Å². The maximum atomic E-state index is 15.2. The molecule has 0 fully saturated rings. The Labute approximate surface area is 354 Å². The van der Waals surface area contributed by atoms with Crippen molar-refractivity contribution in [1.82, 2.24) is 29.5 Å². The fourth-order valence-corrected chi connectivity index (χ4v) is 9.00. The maximum absolute atomic E-state index is 15.2. The lowest BCUT2D eigenvalue weighted by molar-refractivity contribution is -0.384. The Balaban J connectivity index is 1.31. The molecule has 11 nitrogen and oxygen atoms in total. The molecule has 0 spiro atoms. The molecule has 4 heterocycles. The van der Waals surface area contributed by atoms with Gasteiger partial charge in [-0.25, -0.2) is 9.97 Å². The van der Waals surface area contributed by atoms with Crippen LogP contribution in [0.3, 0.4) is 0 Å². The molecule has 5 aromatic carbocycles. The normalized spacial score (nSPS) is 11.4. The second-order valence-electron chi connectivity index (χ2n) is 13.1. The van der Waals surface area contributed by atoms with Crippen LogP contribution in [0.2, 0.25) is 0 Å². The summed E-state index contributed by atoms with van der Waals surface area (Å²) in [5, 5.41) is 23.4. The number of hydrogen-bond acceptors (Lipinski definition) is 8. The summed E-state index contributed by atoms with van der Waals surface area (Å²) in [5.74, 6) is -1.11. The van der Waals surface area contributed by atoms with Crippen LogP contribution in [0.4, 0.5) is 5.69 Å². The van der Waals surface area contributed by atoms with Crippen LogP contribution in [0.15, 0.2) is 163 Å². The molecule has 0 aliphatic carbocycles. The monoisotopic (exact) mass is 927 g/mol. The molecule has 284 valence electrons. The van der Waals surface area contributed by atoms with Gasteiger partial charge in [-0.15, -0.1) is 22.7 Å². The van der Waals surface area contributed by atoms with E-state index in [1.807, 2.05) is 120 Å². The van der Waals surface area contributed by atoms with Crippen LogP contribution < -0.4 is 11.1 Å². The summed E-state index contributed by atoms with van der Waals surface area (Å²) in [6.45, 7) is 0. The third-order valence-corrected chi connectivity index (χ3v) is 12.3. The van der Waals surface area contributed by atoms with E-state index in [-0.39, 0.29) is 16.8 Å². The van der Waals surface area contributed by atoms with Crippen LogP contribution in [0.1, 0.15) is 22.6 Å². The van der Waals surface area contributed by atoms with E-state index >= 15 is 9.59 Å². The number of non-ortho nitro benzene ring substituents is 1. The Morgan fingerprint density at radius 3 is 1.47 bits per heavy atom. The molecule has 4 aromatic heterocycles. The maximum Gasteiger partial charge on any atom is 0.278 e. The van der Waals surface area contributed by atoms with Crippen molar-refractivity contribution in [2.75, 3.05) is 0 Å². The topological polar surface area (TPSA) is 144 Å². The van der Waals surface area contributed by atoms with Crippen molar-refractivity contribution in [2.24, 2.45) is 0 Å². The van der Waals surface area contributed by atoms with E-state index < -0.39 is 22.0 Å². The first-order chi connectivity index (χ1) is 28.2.